The largest absolute Gasteiger partial charge is 0.485 e. The summed E-state index contributed by atoms with van der Waals surface area (Å²) in [5.41, 5.74) is 0.0285. The second-order valence-corrected chi connectivity index (χ2v) is 5.50. The zero-order valence-electron chi connectivity index (χ0n) is 11.4. The van der Waals surface area contributed by atoms with Gasteiger partial charge in [-0.25, -0.2) is 5.10 Å². The number of ether oxygens (including phenoxy) is 1. The van der Waals surface area contributed by atoms with E-state index in [9.17, 15) is 4.79 Å². The van der Waals surface area contributed by atoms with Crippen molar-refractivity contribution in [2.24, 2.45) is 0 Å². The minimum absolute atomic E-state index is 0.0253. The molecule has 0 bridgehead atoms. The van der Waals surface area contributed by atoms with Gasteiger partial charge in [0.15, 0.2) is 11.6 Å². The molecule has 0 saturated carbocycles. The lowest BCUT2D eigenvalue weighted by Gasteiger charge is -2.45. The fraction of sp³-hybridized carbons (Fsp3) is 0.429. The molecular weight excluding hydrogens is 270 g/mol. The predicted molar refractivity (Wildman–Crippen MR) is 73.2 cm³/mol. The van der Waals surface area contributed by atoms with Crippen LogP contribution in [0.3, 0.4) is 0 Å². The number of hydrogen-bond donors (Lipinski definition) is 2. The smallest absolute Gasteiger partial charge is 0.181 e. The highest BCUT2D eigenvalue weighted by Crippen LogP contribution is 2.45. The van der Waals surface area contributed by atoms with E-state index in [4.69, 9.17) is 4.74 Å². The minimum Gasteiger partial charge on any atom is -0.485 e. The van der Waals surface area contributed by atoms with Crippen molar-refractivity contribution < 1.29 is 9.53 Å². The Morgan fingerprint density at radius 1 is 1.24 bits per heavy atom. The van der Waals surface area contributed by atoms with Crippen LogP contribution >= 0.6 is 0 Å². The lowest BCUT2D eigenvalue weighted by atomic mass is 9.73. The summed E-state index contributed by atoms with van der Waals surface area (Å²) < 4.78 is 6.29. The van der Waals surface area contributed by atoms with E-state index in [1.54, 1.807) is 6.07 Å². The Hall–Kier alpha value is -2.28. The molecule has 2 aromatic rings. The van der Waals surface area contributed by atoms with Gasteiger partial charge >= 0.3 is 0 Å². The normalized spacial score (nSPS) is 23.6. The average molecular weight is 285 g/mol. The summed E-state index contributed by atoms with van der Waals surface area (Å²) in [5, 5.41) is 17.3. The van der Waals surface area contributed by atoms with Gasteiger partial charge in [0.25, 0.3) is 0 Å². The maximum absolute atomic E-state index is 13.0. The Balaban J connectivity index is 1.86. The van der Waals surface area contributed by atoms with Crippen molar-refractivity contribution in [2.45, 2.75) is 24.4 Å². The van der Waals surface area contributed by atoms with Crippen molar-refractivity contribution in [2.75, 3.05) is 13.1 Å². The first-order valence-electron chi connectivity index (χ1n) is 7.07. The molecule has 2 aliphatic heterocycles. The van der Waals surface area contributed by atoms with E-state index in [1.165, 1.54) is 0 Å². The summed E-state index contributed by atoms with van der Waals surface area (Å²) in [4.78, 5) is 13.0. The predicted octanol–water partition coefficient (Wildman–Crippen LogP) is 0.681. The number of nitrogens with zero attached hydrogens (tertiary/aromatic N) is 3. The van der Waals surface area contributed by atoms with Crippen LogP contribution in [0, 0.1) is 0 Å². The fourth-order valence-corrected chi connectivity index (χ4v) is 3.33. The SMILES string of the molecule is O=C1c2ccccc2OC2(CCNCC2)C1c1nnn[nH]1. The molecule has 1 saturated heterocycles. The van der Waals surface area contributed by atoms with E-state index in [0.717, 1.165) is 25.9 Å². The van der Waals surface area contributed by atoms with E-state index >= 15 is 0 Å². The van der Waals surface area contributed by atoms with E-state index in [-0.39, 0.29) is 5.78 Å². The molecule has 7 heteroatoms. The number of aromatic nitrogens is 4. The van der Waals surface area contributed by atoms with Crippen molar-refractivity contribution >= 4 is 5.78 Å². The van der Waals surface area contributed by atoms with Gasteiger partial charge in [0.1, 0.15) is 17.3 Å². The van der Waals surface area contributed by atoms with E-state index in [1.807, 2.05) is 18.2 Å². The molecule has 4 rings (SSSR count). The molecule has 1 unspecified atom stereocenters. The number of para-hydroxylation sites is 1. The number of ketones is 1. The van der Waals surface area contributed by atoms with E-state index in [2.05, 4.69) is 25.9 Å². The van der Waals surface area contributed by atoms with Crippen LogP contribution in [0.15, 0.2) is 24.3 Å². The third-order valence-electron chi connectivity index (χ3n) is 4.34. The average Bonchev–Trinajstić information content (AvgIpc) is 3.02. The highest BCUT2D eigenvalue weighted by Gasteiger charge is 2.52. The van der Waals surface area contributed by atoms with Gasteiger partial charge < -0.3 is 10.1 Å². The zero-order chi connectivity index (χ0) is 14.3. The van der Waals surface area contributed by atoms with Crippen molar-refractivity contribution in [1.29, 1.82) is 0 Å². The lowest BCUT2D eigenvalue weighted by molar-refractivity contribution is 0.000780. The molecule has 1 aromatic carbocycles. The molecule has 2 N–H and O–H groups in total. The van der Waals surface area contributed by atoms with E-state index in [0.29, 0.717) is 17.1 Å². The van der Waals surface area contributed by atoms with Gasteiger partial charge in [-0.15, -0.1) is 5.10 Å². The van der Waals surface area contributed by atoms with Gasteiger partial charge in [-0.05, 0) is 35.6 Å². The number of hydrogen-bond acceptors (Lipinski definition) is 6. The molecule has 0 amide bonds. The standard InChI is InChI=1S/C14H15N5O2/c20-12-9-3-1-2-4-10(9)21-14(5-7-15-8-6-14)11(12)13-16-18-19-17-13/h1-4,11,15H,5-8H2,(H,16,17,18,19). The maximum atomic E-state index is 13.0. The second kappa shape index (κ2) is 4.63. The third-order valence-corrected chi connectivity index (χ3v) is 4.34. The minimum atomic E-state index is -0.572. The van der Waals surface area contributed by atoms with E-state index < -0.39 is 11.5 Å². The molecule has 2 aliphatic rings. The monoisotopic (exact) mass is 285 g/mol. The van der Waals surface area contributed by atoms with Gasteiger partial charge in [-0.1, -0.05) is 12.1 Å². The van der Waals surface area contributed by atoms with Crippen molar-refractivity contribution in [1.82, 2.24) is 25.9 Å². The first-order chi connectivity index (χ1) is 10.3. The molecule has 0 aliphatic carbocycles. The van der Waals surface area contributed by atoms with Crippen molar-refractivity contribution in [3.05, 3.63) is 35.7 Å². The number of benzene rings is 1. The van der Waals surface area contributed by atoms with Crippen LogP contribution in [0.1, 0.15) is 34.9 Å². The number of fused-ring (bicyclic) bond motifs is 1. The molecule has 108 valence electrons. The number of carbonyl (C=O) groups excluding carboxylic acids is 1. The van der Waals surface area contributed by atoms with Gasteiger partial charge in [0.2, 0.25) is 0 Å². The van der Waals surface area contributed by atoms with Gasteiger partial charge in [0.05, 0.1) is 5.56 Å². The Morgan fingerprint density at radius 3 is 2.81 bits per heavy atom. The number of Topliss-reactive ketones (excluding diaryl/α,β-unsaturated/α-hetero) is 1. The number of piperidine rings is 1. The van der Waals surface area contributed by atoms with Crippen LogP contribution < -0.4 is 10.1 Å². The second-order valence-electron chi connectivity index (χ2n) is 5.50. The summed E-state index contributed by atoms with van der Waals surface area (Å²) in [5.74, 6) is 0.686. The van der Waals surface area contributed by atoms with Crippen LogP contribution in [0.5, 0.6) is 5.75 Å². The number of carbonyl (C=O) groups is 1. The molecule has 1 spiro atoms. The molecule has 21 heavy (non-hydrogen) atoms. The van der Waals surface area contributed by atoms with Gasteiger partial charge in [-0.2, -0.15) is 0 Å². The molecular formula is C14H15N5O2. The maximum Gasteiger partial charge on any atom is 0.181 e. The molecule has 3 heterocycles. The van der Waals surface area contributed by atoms with Crippen LogP contribution in [0.4, 0.5) is 0 Å². The van der Waals surface area contributed by atoms with Gasteiger partial charge in [0, 0.05) is 12.8 Å². The molecule has 7 nitrogen and oxygen atoms in total. The number of nitrogens with one attached hydrogen (secondary N) is 2. The first-order valence-corrected chi connectivity index (χ1v) is 7.07. The Labute approximate surface area is 121 Å². The van der Waals surface area contributed by atoms with Crippen molar-refractivity contribution in [3.8, 4) is 5.75 Å². The summed E-state index contributed by atoms with van der Waals surface area (Å²) in [6, 6.07) is 7.38. The van der Waals surface area contributed by atoms with Crippen LogP contribution in [0.25, 0.3) is 0 Å². The summed E-state index contributed by atoms with van der Waals surface area (Å²) in [6.07, 6.45) is 1.50. The quantitative estimate of drug-likeness (QED) is 0.800. The van der Waals surface area contributed by atoms with Crippen molar-refractivity contribution in [3.63, 3.8) is 0 Å². The highest BCUT2D eigenvalue weighted by molar-refractivity contribution is 6.04. The summed E-state index contributed by atoms with van der Waals surface area (Å²) >= 11 is 0. The molecule has 1 atom stereocenters. The molecule has 1 aromatic heterocycles. The van der Waals surface area contributed by atoms with Crippen LogP contribution in [-0.2, 0) is 0 Å². The first kappa shape index (κ1) is 12.5. The topological polar surface area (TPSA) is 92.8 Å². The molecule has 1 fully saturated rings. The highest BCUT2D eigenvalue weighted by atomic mass is 16.5. The number of aromatic amines is 1. The van der Waals surface area contributed by atoms with Crippen LogP contribution in [0.2, 0.25) is 0 Å². The number of tetrazole rings is 1. The zero-order valence-corrected chi connectivity index (χ0v) is 11.4. The summed E-state index contributed by atoms with van der Waals surface area (Å²) in [6.45, 7) is 1.63. The number of H-pyrrole nitrogens is 1. The van der Waals surface area contributed by atoms with Crippen LogP contribution in [-0.4, -0.2) is 45.1 Å². The fourth-order valence-electron chi connectivity index (χ4n) is 3.33. The third kappa shape index (κ3) is 1.84. The Kier molecular flexibility index (Phi) is 2.75. The Bertz CT molecular complexity index is 664. The Morgan fingerprint density at radius 2 is 2.05 bits per heavy atom. The number of rotatable bonds is 1. The summed E-state index contributed by atoms with van der Waals surface area (Å²) in [7, 11) is 0. The van der Waals surface area contributed by atoms with Gasteiger partial charge in [-0.3, -0.25) is 4.79 Å². The molecule has 0 radical (unpaired) electrons. The lowest BCUT2D eigenvalue weighted by Crippen LogP contribution is -2.55.